The minimum atomic E-state index is 0.0232. The van der Waals surface area contributed by atoms with Gasteiger partial charge in [0.15, 0.2) is 0 Å². The largest absolute Gasteiger partial charge is 0.496 e. The second-order valence-electron chi connectivity index (χ2n) is 4.67. The van der Waals surface area contributed by atoms with Crippen LogP contribution in [0.15, 0.2) is 29.1 Å². The van der Waals surface area contributed by atoms with E-state index in [-0.39, 0.29) is 6.10 Å². The van der Waals surface area contributed by atoms with Crippen LogP contribution in [0.25, 0.3) is 11.3 Å². The van der Waals surface area contributed by atoms with Crippen molar-refractivity contribution in [1.29, 1.82) is 0 Å². The van der Waals surface area contributed by atoms with Crippen molar-refractivity contribution in [2.24, 2.45) is 0 Å². The highest BCUT2D eigenvalue weighted by Gasteiger charge is 2.17. The number of ether oxygens (including phenoxy) is 2. The first-order chi connectivity index (χ1) is 9.77. The third-order valence-electron chi connectivity index (χ3n) is 3.26. The van der Waals surface area contributed by atoms with E-state index in [0.717, 1.165) is 42.0 Å². The molecule has 0 radical (unpaired) electrons. The van der Waals surface area contributed by atoms with E-state index in [1.807, 2.05) is 23.0 Å². The van der Waals surface area contributed by atoms with Gasteiger partial charge < -0.3 is 9.47 Å². The Labute approximate surface area is 124 Å². The lowest BCUT2D eigenvalue weighted by atomic mass is 10.0. The number of hydrogen-bond acceptors (Lipinski definition) is 4. The van der Waals surface area contributed by atoms with Gasteiger partial charge in [-0.25, -0.2) is 4.98 Å². The number of hydrogen-bond donors (Lipinski definition) is 0. The average Bonchev–Trinajstić information content (AvgIpc) is 3.00. The molecular formula is C16H21NO2S. The van der Waals surface area contributed by atoms with E-state index < -0.39 is 0 Å². The molecule has 1 aromatic carbocycles. The van der Waals surface area contributed by atoms with Crippen LogP contribution < -0.4 is 4.74 Å². The van der Waals surface area contributed by atoms with E-state index in [1.54, 1.807) is 18.4 Å². The fraction of sp³-hybridized carbons (Fsp3) is 0.438. The summed E-state index contributed by atoms with van der Waals surface area (Å²) in [5, 5.41) is 2.03. The molecule has 1 aromatic heterocycles. The van der Waals surface area contributed by atoms with E-state index in [9.17, 15) is 0 Å². The maximum Gasteiger partial charge on any atom is 0.134 e. The maximum absolute atomic E-state index is 5.89. The standard InChI is InChI=1S/C16H21NO2S/c1-4-5-9-19-12(2)13-7-6-8-14(16(13)18-3)15-10-20-11-17-15/h6-8,10-12H,4-5,9H2,1-3H3. The van der Waals surface area contributed by atoms with Gasteiger partial charge >= 0.3 is 0 Å². The highest BCUT2D eigenvalue weighted by molar-refractivity contribution is 7.07. The van der Waals surface area contributed by atoms with Crippen molar-refractivity contribution in [3.63, 3.8) is 0 Å². The van der Waals surface area contributed by atoms with Gasteiger partial charge in [0, 0.05) is 23.1 Å². The SMILES string of the molecule is CCCCOC(C)c1cccc(-c2cscn2)c1OC. The summed E-state index contributed by atoms with van der Waals surface area (Å²) >= 11 is 1.59. The van der Waals surface area contributed by atoms with Gasteiger partial charge in [-0.15, -0.1) is 11.3 Å². The third kappa shape index (κ3) is 3.38. The number of thiazole rings is 1. The Kier molecular flexibility index (Phi) is 5.56. The van der Waals surface area contributed by atoms with Crippen LogP contribution in [0.2, 0.25) is 0 Å². The van der Waals surface area contributed by atoms with Crippen LogP contribution in [0.5, 0.6) is 5.75 Å². The van der Waals surface area contributed by atoms with Gasteiger partial charge in [-0.3, -0.25) is 0 Å². The Morgan fingerprint density at radius 3 is 2.85 bits per heavy atom. The minimum absolute atomic E-state index is 0.0232. The van der Waals surface area contributed by atoms with E-state index >= 15 is 0 Å². The molecule has 0 N–H and O–H groups in total. The smallest absolute Gasteiger partial charge is 0.134 e. The Morgan fingerprint density at radius 2 is 2.20 bits per heavy atom. The second kappa shape index (κ2) is 7.41. The molecule has 1 atom stereocenters. The molecule has 0 bridgehead atoms. The van der Waals surface area contributed by atoms with Crippen LogP contribution in [0.3, 0.4) is 0 Å². The Balaban J connectivity index is 2.27. The van der Waals surface area contributed by atoms with Crippen LogP contribution >= 0.6 is 11.3 Å². The number of rotatable bonds is 7. The highest BCUT2D eigenvalue weighted by atomic mass is 32.1. The lowest BCUT2D eigenvalue weighted by Crippen LogP contribution is -2.04. The zero-order chi connectivity index (χ0) is 14.4. The molecule has 4 heteroatoms. The molecule has 0 saturated heterocycles. The molecule has 0 fully saturated rings. The van der Waals surface area contributed by atoms with Crippen LogP contribution in [-0.4, -0.2) is 18.7 Å². The molecule has 108 valence electrons. The Morgan fingerprint density at radius 1 is 1.35 bits per heavy atom. The van der Waals surface area contributed by atoms with E-state index in [2.05, 4.69) is 24.9 Å². The summed E-state index contributed by atoms with van der Waals surface area (Å²) < 4.78 is 11.5. The van der Waals surface area contributed by atoms with Gasteiger partial charge in [0.2, 0.25) is 0 Å². The van der Waals surface area contributed by atoms with Gasteiger partial charge in [-0.2, -0.15) is 0 Å². The number of unbranched alkanes of at least 4 members (excludes halogenated alkanes) is 1. The zero-order valence-corrected chi connectivity index (χ0v) is 13.1. The zero-order valence-electron chi connectivity index (χ0n) is 12.3. The van der Waals surface area contributed by atoms with E-state index in [1.165, 1.54) is 0 Å². The van der Waals surface area contributed by atoms with Gasteiger partial charge in [0.1, 0.15) is 5.75 Å². The predicted octanol–water partition coefficient (Wildman–Crippen LogP) is 4.70. The lowest BCUT2D eigenvalue weighted by molar-refractivity contribution is 0.0620. The second-order valence-corrected chi connectivity index (χ2v) is 5.39. The van der Waals surface area contributed by atoms with Gasteiger partial charge in [0.05, 0.1) is 24.4 Å². The van der Waals surface area contributed by atoms with E-state index in [0.29, 0.717) is 0 Å². The molecule has 2 aromatic rings. The predicted molar refractivity (Wildman–Crippen MR) is 83.4 cm³/mol. The molecule has 1 unspecified atom stereocenters. The molecule has 0 spiro atoms. The van der Waals surface area contributed by atoms with Crippen molar-refractivity contribution in [3.05, 3.63) is 34.7 Å². The number of aromatic nitrogens is 1. The quantitative estimate of drug-likeness (QED) is 0.693. The molecule has 0 aliphatic heterocycles. The molecule has 2 rings (SSSR count). The van der Waals surface area contributed by atoms with E-state index in [4.69, 9.17) is 9.47 Å². The summed E-state index contributed by atoms with van der Waals surface area (Å²) in [4.78, 5) is 4.37. The first kappa shape index (κ1) is 15.0. The monoisotopic (exact) mass is 291 g/mol. The van der Waals surface area contributed by atoms with Crippen molar-refractivity contribution in [2.75, 3.05) is 13.7 Å². The Hall–Kier alpha value is -1.39. The maximum atomic E-state index is 5.89. The molecule has 20 heavy (non-hydrogen) atoms. The summed E-state index contributed by atoms with van der Waals surface area (Å²) in [5.41, 5.74) is 4.89. The van der Waals surface area contributed by atoms with Gasteiger partial charge in [-0.05, 0) is 19.4 Å². The van der Waals surface area contributed by atoms with Crippen molar-refractivity contribution in [1.82, 2.24) is 4.98 Å². The molecule has 0 amide bonds. The number of nitrogens with zero attached hydrogens (tertiary/aromatic N) is 1. The van der Waals surface area contributed by atoms with Crippen molar-refractivity contribution in [3.8, 4) is 17.0 Å². The summed E-state index contributed by atoms with van der Waals surface area (Å²) in [6.07, 6.45) is 2.25. The van der Waals surface area contributed by atoms with Crippen molar-refractivity contribution < 1.29 is 9.47 Å². The number of benzene rings is 1. The molecule has 0 aliphatic rings. The summed E-state index contributed by atoms with van der Waals surface area (Å²) in [6, 6.07) is 6.13. The molecular weight excluding hydrogens is 270 g/mol. The fourth-order valence-corrected chi connectivity index (χ4v) is 2.70. The topological polar surface area (TPSA) is 31.4 Å². The summed E-state index contributed by atoms with van der Waals surface area (Å²) in [7, 11) is 1.70. The fourth-order valence-electron chi connectivity index (χ4n) is 2.14. The Bertz CT molecular complexity index is 525. The number of para-hydroxylation sites is 1. The lowest BCUT2D eigenvalue weighted by Gasteiger charge is -2.18. The normalized spacial score (nSPS) is 12.3. The van der Waals surface area contributed by atoms with Crippen LogP contribution in [0, 0.1) is 0 Å². The minimum Gasteiger partial charge on any atom is -0.496 e. The van der Waals surface area contributed by atoms with Crippen LogP contribution in [0.4, 0.5) is 0 Å². The highest BCUT2D eigenvalue weighted by Crippen LogP contribution is 2.36. The summed E-state index contributed by atoms with van der Waals surface area (Å²) in [6.45, 7) is 5.01. The average molecular weight is 291 g/mol. The van der Waals surface area contributed by atoms with Gasteiger partial charge in [0.25, 0.3) is 0 Å². The van der Waals surface area contributed by atoms with Crippen molar-refractivity contribution >= 4 is 11.3 Å². The van der Waals surface area contributed by atoms with Gasteiger partial charge in [-0.1, -0.05) is 25.5 Å². The molecule has 0 aliphatic carbocycles. The number of methoxy groups -OCH3 is 1. The van der Waals surface area contributed by atoms with Crippen LogP contribution in [0.1, 0.15) is 38.4 Å². The molecule has 1 heterocycles. The molecule has 0 saturated carbocycles. The van der Waals surface area contributed by atoms with Crippen molar-refractivity contribution in [2.45, 2.75) is 32.8 Å². The first-order valence-corrected chi connectivity index (χ1v) is 7.89. The molecule has 3 nitrogen and oxygen atoms in total. The van der Waals surface area contributed by atoms with Crippen LogP contribution in [-0.2, 0) is 4.74 Å². The third-order valence-corrected chi connectivity index (χ3v) is 3.85. The first-order valence-electron chi connectivity index (χ1n) is 6.95. The summed E-state index contributed by atoms with van der Waals surface area (Å²) in [5.74, 6) is 0.863.